The van der Waals surface area contributed by atoms with Crippen LogP contribution in [0.15, 0.2) is 0 Å². The molecule has 1 heterocycles. The van der Waals surface area contributed by atoms with Gasteiger partial charge in [-0.1, -0.05) is 13.3 Å². The molecule has 1 rings (SSSR count). The highest BCUT2D eigenvalue weighted by Gasteiger charge is 2.32. The molecule has 0 radical (unpaired) electrons. The maximum absolute atomic E-state index is 12.1. The van der Waals surface area contributed by atoms with Crippen molar-refractivity contribution in [2.24, 2.45) is 5.73 Å². The number of nitrogens with one attached hydrogen (secondary N) is 1. The fourth-order valence-electron chi connectivity index (χ4n) is 2.41. The Morgan fingerprint density at radius 1 is 1.32 bits per heavy atom. The lowest BCUT2D eigenvalue weighted by molar-refractivity contribution is -0.126. The quantitative estimate of drug-likeness (QED) is 0.747. The molecule has 0 aromatic rings. The molecular formula is C14H29N3O2. The average molecular weight is 271 g/mol. The molecule has 1 amide bonds. The van der Waals surface area contributed by atoms with Gasteiger partial charge in [-0.2, -0.15) is 0 Å². The Bertz CT molecular complexity index is 297. The summed E-state index contributed by atoms with van der Waals surface area (Å²) < 4.78 is 5.36. The summed E-state index contributed by atoms with van der Waals surface area (Å²) >= 11 is 0. The number of hydrogen-bond donors (Lipinski definition) is 2. The number of carbonyl (C=O) groups excluding carboxylic acids is 1. The van der Waals surface area contributed by atoms with E-state index in [2.05, 4.69) is 24.1 Å². The molecular weight excluding hydrogens is 242 g/mol. The van der Waals surface area contributed by atoms with Gasteiger partial charge in [0.2, 0.25) is 5.91 Å². The van der Waals surface area contributed by atoms with Crippen molar-refractivity contribution in [3.63, 3.8) is 0 Å². The van der Waals surface area contributed by atoms with Crippen molar-refractivity contribution in [3.05, 3.63) is 0 Å². The highest BCUT2D eigenvalue weighted by Crippen LogP contribution is 2.16. The molecule has 1 atom stereocenters. The minimum absolute atomic E-state index is 0.0596. The Morgan fingerprint density at radius 3 is 2.42 bits per heavy atom. The predicted molar refractivity (Wildman–Crippen MR) is 77.0 cm³/mol. The Balaban J connectivity index is 2.47. The number of rotatable bonds is 6. The fraction of sp³-hybridized carbons (Fsp3) is 0.929. The number of amides is 1. The molecule has 1 aliphatic rings. The van der Waals surface area contributed by atoms with Gasteiger partial charge in [-0.3, -0.25) is 9.69 Å². The van der Waals surface area contributed by atoms with Crippen LogP contribution in [0.25, 0.3) is 0 Å². The van der Waals surface area contributed by atoms with E-state index in [1.54, 1.807) is 6.92 Å². The second-order valence-electron chi connectivity index (χ2n) is 6.26. The third-order valence-corrected chi connectivity index (χ3v) is 3.84. The van der Waals surface area contributed by atoms with Crippen molar-refractivity contribution in [1.29, 1.82) is 0 Å². The largest absolute Gasteiger partial charge is 0.379 e. The van der Waals surface area contributed by atoms with Crippen molar-refractivity contribution in [1.82, 2.24) is 10.2 Å². The summed E-state index contributed by atoms with van der Waals surface area (Å²) in [5, 5.41) is 3.00. The lowest BCUT2D eigenvalue weighted by Gasteiger charge is -2.41. The topological polar surface area (TPSA) is 67.6 Å². The summed E-state index contributed by atoms with van der Waals surface area (Å²) in [7, 11) is 0. The molecule has 5 nitrogen and oxygen atoms in total. The normalized spacial score (nSPS) is 20.9. The van der Waals surface area contributed by atoms with Gasteiger partial charge in [0.25, 0.3) is 0 Å². The van der Waals surface area contributed by atoms with E-state index in [1.807, 2.05) is 6.92 Å². The molecule has 112 valence electrons. The minimum atomic E-state index is -0.768. The highest BCUT2D eigenvalue weighted by atomic mass is 16.5. The fourth-order valence-corrected chi connectivity index (χ4v) is 2.41. The van der Waals surface area contributed by atoms with Gasteiger partial charge in [0.15, 0.2) is 0 Å². The minimum Gasteiger partial charge on any atom is -0.379 e. The van der Waals surface area contributed by atoms with Crippen molar-refractivity contribution < 1.29 is 9.53 Å². The molecule has 1 aliphatic heterocycles. The predicted octanol–water partition coefficient (Wildman–Crippen LogP) is 0.731. The summed E-state index contributed by atoms with van der Waals surface area (Å²) in [6, 6.07) is 0. The van der Waals surface area contributed by atoms with Gasteiger partial charge in [-0.25, -0.2) is 0 Å². The number of morpholine rings is 1. The molecule has 0 bridgehead atoms. The van der Waals surface area contributed by atoms with Gasteiger partial charge in [0.05, 0.1) is 18.8 Å². The first kappa shape index (κ1) is 16.4. The molecule has 0 aromatic carbocycles. The smallest absolute Gasteiger partial charge is 0.239 e. The van der Waals surface area contributed by atoms with Gasteiger partial charge in [-0.15, -0.1) is 0 Å². The standard InChI is InChI=1S/C14H29N3O2/c1-5-6-14(4,15)12(18)16-11-13(2,3)17-7-9-19-10-8-17/h5-11,15H2,1-4H3,(H,16,18). The first-order chi connectivity index (χ1) is 8.79. The van der Waals surface area contributed by atoms with Crippen molar-refractivity contribution in [3.8, 4) is 0 Å². The Hall–Kier alpha value is -0.650. The van der Waals surface area contributed by atoms with Gasteiger partial charge in [-0.05, 0) is 27.2 Å². The zero-order valence-electron chi connectivity index (χ0n) is 12.8. The van der Waals surface area contributed by atoms with Gasteiger partial charge in [0.1, 0.15) is 0 Å². The first-order valence-corrected chi connectivity index (χ1v) is 7.19. The Morgan fingerprint density at radius 2 is 1.89 bits per heavy atom. The van der Waals surface area contributed by atoms with Crippen LogP contribution in [0.5, 0.6) is 0 Å². The zero-order valence-corrected chi connectivity index (χ0v) is 12.8. The van der Waals surface area contributed by atoms with Gasteiger partial charge >= 0.3 is 0 Å². The highest BCUT2D eigenvalue weighted by molar-refractivity contribution is 5.85. The van der Waals surface area contributed by atoms with E-state index >= 15 is 0 Å². The van der Waals surface area contributed by atoms with E-state index in [1.165, 1.54) is 0 Å². The van der Waals surface area contributed by atoms with Crippen molar-refractivity contribution >= 4 is 5.91 Å². The SMILES string of the molecule is CCCC(C)(N)C(=O)NCC(C)(C)N1CCOCC1. The summed E-state index contributed by atoms with van der Waals surface area (Å²) in [6.07, 6.45) is 1.62. The van der Waals surface area contributed by atoms with Crippen molar-refractivity contribution in [2.75, 3.05) is 32.8 Å². The van der Waals surface area contributed by atoms with E-state index in [-0.39, 0.29) is 11.4 Å². The zero-order chi connectivity index (χ0) is 14.5. The van der Waals surface area contributed by atoms with Gasteiger partial charge < -0.3 is 15.8 Å². The molecule has 0 aromatic heterocycles. The molecule has 19 heavy (non-hydrogen) atoms. The third-order valence-electron chi connectivity index (χ3n) is 3.84. The lowest BCUT2D eigenvalue weighted by atomic mass is 9.95. The molecule has 0 spiro atoms. The third kappa shape index (κ3) is 4.75. The van der Waals surface area contributed by atoms with Gasteiger partial charge in [0, 0.05) is 25.2 Å². The summed E-state index contributed by atoms with van der Waals surface area (Å²) in [5.41, 5.74) is 5.20. The van der Waals surface area contributed by atoms with E-state index < -0.39 is 5.54 Å². The molecule has 1 saturated heterocycles. The van der Waals surface area contributed by atoms with Crippen LogP contribution < -0.4 is 11.1 Å². The number of nitrogens with zero attached hydrogens (tertiary/aromatic N) is 1. The van der Waals surface area contributed by atoms with Crippen LogP contribution in [0.4, 0.5) is 0 Å². The van der Waals surface area contributed by atoms with Crippen LogP contribution in [-0.4, -0.2) is 54.7 Å². The Kier molecular flexibility index (Phi) is 5.77. The van der Waals surface area contributed by atoms with E-state index in [9.17, 15) is 4.79 Å². The van der Waals surface area contributed by atoms with E-state index in [4.69, 9.17) is 10.5 Å². The summed E-state index contributed by atoms with van der Waals surface area (Å²) in [5.74, 6) is -0.0596. The second kappa shape index (κ2) is 6.68. The molecule has 1 fully saturated rings. The maximum atomic E-state index is 12.1. The number of nitrogens with two attached hydrogens (primary N) is 1. The van der Waals surface area contributed by atoms with E-state index in [0.717, 1.165) is 32.7 Å². The second-order valence-corrected chi connectivity index (χ2v) is 6.26. The van der Waals surface area contributed by atoms with Crippen molar-refractivity contribution in [2.45, 2.75) is 51.6 Å². The Labute approximate surface area is 116 Å². The molecule has 0 saturated carbocycles. The summed E-state index contributed by atoms with van der Waals surface area (Å²) in [4.78, 5) is 14.5. The molecule has 3 N–H and O–H groups in total. The van der Waals surface area contributed by atoms with Crippen LogP contribution in [-0.2, 0) is 9.53 Å². The van der Waals surface area contributed by atoms with Crippen LogP contribution in [0.1, 0.15) is 40.5 Å². The van der Waals surface area contributed by atoms with Crippen LogP contribution in [0.2, 0.25) is 0 Å². The number of carbonyl (C=O) groups is 1. The maximum Gasteiger partial charge on any atom is 0.239 e. The first-order valence-electron chi connectivity index (χ1n) is 7.19. The molecule has 5 heteroatoms. The number of ether oxygens (including phenoxy) is 1. The van der Waals surface area contributed by atoms with Crippen LogP contribution >= 0.6 is 0 Å². The monoisotopic (exact) mass is 271 g/mol. The summed E-state index contributed by atoms with van der Waals surface area (Å²) in [6.45, 7) is 12.1. The average Bonchev–Trinajstić information content (AvgIpc) is 2.37. The number of hydrogen-bond acceptors (Lipinski definition) is 4. The molecule has 1 unspecified atom stereocenters. The van der Waals surface area contributed by atoms with Crippen LogP contribution in [0, 0.1) is 0 Å². The van der Waals surface area contributed by atoms with E-state index in [0.29, 0.717) is 13.0 Å². The molecule has 0 aliphatic carbocycles. The lowest BCUT2D eigenvalue weighted by Crippen LogP contribution is -2.59. The van der Waals surface area contributed by atoms with Crippen LogP contribution in [0.3, 0.4) is 0 Å².